The van der Waals surface area contributed by atoms with Crippen molar-refractivity contribution in [3.8, 4) is 0 Å². The number of nitrogens with two attached hydrogens (primary N) is 1. The Bertz CT molecular complexity index is 1150. The smallest absolute Gasteiger partial charge is 0.0543 e. The summed E-state index contributed by atoms with van der Waals surface area (Å²) < 4.78 is 0. The average molecular weight is 393 g/mol. The van der Waals surface area contributed by atoms with Crippen LogP contribution in [0.15, 0.2) is 121 Å². The highest BCUT2D eigenvalue weighted by molar-refractivity contribution is 6.02. The van der Waals surface area contributed by atoms with Crippen molar-refractivity contribution in [2.24, 2.45) is 5.73 Å². The lowest BCUT2D eigenvalue weighted by Crippen LogP contribution is -1.96. The lowest BCUT2D eigenvalue weighted by Gasteiger charge is -2.16. The van der Waals surface area contributed by atoms with E-state index in [0.29, 0.717) is 0 Å². The minimum Gasteiger partial charge on any atom is -0.404 e. The summed E-state index contributed by atoms with van der Waals surface area (Å²) in [6.45, 7) is 8.34. The molecule has 0 radical (unpaired) electrons. The number of benzene rings is 3. The molecule has 0 fully saturated rings. The van der Waals surface area contributed by atoms with Crippen LogP contribution in [0.2, 0.25) is 0 Å². The Labute approximate surface area is 179 Å². The fourth-order valence-electron chi connectivity index (χ4n) is 3.41. The number of para-hydroxylation sites is 1. The standard InChI is InChI=1S/C28H28N2/c1-4-11-24(20-29)22(5-2)17-16-21(3)26-19-18-23-12-9-10-15-27(23)28(26)30-25-13-7-6-8-14-25/h4-20,30H,3,29H2,1-2H3/b11-4-,17-16-,22-5+,24-20+. The maximum Gasteiger partial charge on any atom is 0.0543 e. The van der Waals surface area contributed by atoms with Crippen molar-refractivity contribution < 1.29 is 0 Å². The zero-order chi connectivity index (χ0) is 21.3. The minimum atomic E-state index is 0.926. The second-order valence-corrected chi connectivity index (χ2v) is 6.92. The Morgan fingerprint density at radius 2 is 1.57 bits per heavy atom. The third-order valence-electron chi connectivity index (χ3n) is 4.95. The van der Waals surface area contributed by atoms with Crippen LogP contribution in [-0.4, -0.2) is 0 Å². The molecule has 0 aliphatic carbocycles. The quantitative estimate of drug-likeness (QED) is 0.408. The summed E-state index contributed by atoms with van der Waals surface area (Å²) >= 11 is 0. The number of fused-ring (bicyclic) bond motifs is 1. The molecular weight excluding hydrogens is 364 g/mol. The molecule has 0 aliphatic rings. The molecule has 0 atom stereocenters. The third kappa shape index (κ3) is 4.79. The molecule has 3 N–H and O–H groups in total. The predicted molar refractivity (Wildman–Crippen MR) is 133 cm³/mol. The van der Waals surface area contributed by atoms with Gasteiger partial charge >= 0.3 is 0 Å². The summed E-state index contributed by atoms with van der Waals surface area (Å²) in [4.78, 5) is 0. The van der Waals surface area contributed by atoms with E-state index in [-0.39, 0.29) is 0 Å². The first kappa shape index (κ1) is 20.9. The van der Waals surface area contributed by atoms with E-state index >= 15 is 0 Å². The molecule has 0 aromatic heterocycles. The highest BCUT2D eigenvalue weighted by Crippen LogP contribution is 2.34. The van der Waals surface area contributed by atoms with Crippen molar-refractivity contribution in [3.05, 3.63) is 127 Å². The van der Waals surface area contributed by atoms with Gasteiger partial charge in [-0.05, 0) is 48.1 Å². The lowest BCUT2D eigenvalue weighted by atomic mass is 9.97. The summed E-state index contributed by atoms with van der Waals surface area (Å²) in [5.41, 5.74) is 11.9. The van der Waals surface area contributed by atoms with Crippen LogP contribution in [0, 0.1) is 0 Å². The number of anilines is 2. The monoisotopic (exact) mass is 392 g/mol. The maximum atomic E-state index is 5.80. The normalized spacial score (nSPS) is 12.7. The van der Waals surface area contributed by atoms with Crippen molar-refractivity contribution in [1.82, 2.24) is 0 Å². The zero-order valence-electron chi connectivity index (χ0n) is 17.6. The molecule has 2 heteroatoms. The second-order valence-electron chi connectivity index (χ2n) is 6.92. The van der Waals surface area contributed by atoms with Gasteiger partial charge in [0.25, 0.3) is 0 Å². The van der Waals surface area contributed by atoms with Crippen LogP contribution in [0.4, 0.5) is 11.4 Å². The van der Waals surface area contributed by atoms with Crippen LogP contribution in [0.5, 0.6) is 0 Å². The summed E-state index contributed by atoms with van der Waals surface area (Å²) in [5, 5.41) is 5.95. The molecule has 2 nitrogen and oxygen atoms in total. The van der Waals surface area contributed by atoms with Gasteiger partial charge in [-0.25, -0.2) is 0 Å². The van der Waals surface area contributed by atoms with Gasteiger partial charge in [0, 0.05) is 22.8 Å². The van der Waals surface area contributed by atoms with E-state index in [0.717, 1.165) is 39.0 Å². The van der Waals surface area contributed by atoms with Crippen molar-refractivity contribution in [3.63, 3.8) is 0 Å². The van der Waals surface area contributed by atoms with E-state index < -0.39 is 0 Å². The second kappa shape index (κ2) is 10.1. The van der Waals surface area contributed by atoms with Crippen molar-refractivity contribution >= 4 is 27.7 Å². The van der Waals surface area contributed by atoms with Crippen LogP contribution in [-0.2, 0) is 0 Å². The molecule has 3 aromatic rings. The van der Waals surface area contributed by atoms with E-state index in [9.17, 15) is 0 Å². The first-order valence-electron chi connectivity index (χ1n) is 10.1. The molecule has 30 heavy (non-hydrogen) atoms. The molecule has 3 rings (SSSR count). The summed E-state index contributed by atoms with van der Waals surface area (Å²) in [5.74, 6) is 0. The SMILES string of the molecule is C=C(\C=C/C(=C\C)C(/C=C\C)=C/N)c1ccc2ccccc2c1Nc1ccccc1. The van der Waals surface area contributed by atoms with Gasteiger partial charge in [0.05, 0.1) is 5.69 Å². The number of allylic oxidation sites excluding steroid dienone is 8. The van der Waals surface area contributed by atoms with Gasteiger partial charge in [0.15, 0.2) is 0 Å². The number of hydrogen-bond donors (Lipinski definition) is 2. The molecule has 0 amide bonds. The number of nitrogens with one attached hydrogen (secondary N) is 1. The fraction of sp³-hybridized carbons (Fsp3) is 0.0714. The lowest BCUT2D eigenvalue weighted by molar-refractivity contribution is 1.43. The van der Waals surface area contributed by atoms with E-state index in [1.165, 1.54) is 5.39 Å². The number of hydrogen-bond acceptors (Lipinski definition) is 2. The largest absolute Gasteiger partial charge is 0.404 e. The van der Waals surface area contributed by atoms with Crippen molar-refractivity contribution in [2.45, 2.75) is 13.8 Å². The highest BCUT2D eigenvalue weighted by Gasteiger charge is 2.10. The topological polar surface area (TPSA) is 38.0 Å². The van der Waals surface area contributed by atoms with Gasteiger partial charge in [0.2, 0.25) is 0 Å². The first-order chi connectivity index (χ1) is 14.7. The molecule has 150 valence electrons. The molecule has 0 spiro atoms. The predicted octanol–water partition coefficient (Wildman–Crippen LogP) is 7.52. The Morgan fingerprint density at radius 3 is 2.27 bits per heavy atom. The molecule has 0 saturated heterocycles. The van der Waals surface area contributed by atoms with Crippen LogP contribution >= 0.6 is 0 Å². The van der Waals surface area contributed by atoms with Gasteiger partial charge in [-0.1, -0.05) is 91.6 Å². The summed E-state index contributed by atoms with van der Waals surface area (Å²) in [6.07, 6.45) is 11.8. The fourth-order valence-corrected chi connectivity index (χ4v) is 3.41. The molecule has 0 heterocycles. The van der Waals surface area contributed by atoms with E-state index in [1.807, 2.05) is 56.4 Å². The minimum absolute atomic E-state index is 0.926. The Balaban J connectivity index is 2.02. The Kier molecular flexibility index (Phi) is 7.07. The zero-order valence-corrected chi connectivity index (χ0v) is 17.6. The third-order valence-corrected chi connectivity index (χ3v) is 4.95. The van der Waals surface area contributed by atoms with E-state index in [4.69, 9.17) is 5.73 Å². The summed E-state index contributed by atoms with van der Waals surface area (Å²) in [6, 6.07) is 22.9. The van der Waals surface area contributed by atoms with Gasteiger partial charge in [0.1, 0.15) is 0 Å². The first-order valence-corrected chi connectivity index (χ1v) is 10.1. The Morgan fingerprint density at radius 1 is 0.833 bits per heavy atom. The van der Waals surface area contributed by atoms with Crippen molar-refractivity contribution in [2.75, 3.05) is 5.32 Å². The van der Waals surface area contributed by atoms with Crippen LogP contribution in [0.3, 0.4) is 0 Å². The molecule has 0 bridgehead atoms. The van der Waals surface area contributed by atoms with Gasteiger partial charge in [-0.15, -0.1) is 0 Å². The Hall–Kier alpha value is -3.78. The van der Waals surface area contributed by atoms with Gasteiger partial charge in [-0.3, -0.25) is 0 Å². The van der Waals surface area contributed by atoms with Crippen LogP contribution in [0.25, 0.3) is 16.3 Å². The maximum absolute atomic E-state index is 5.80. The number of rotatable bonds is 7. The van der Waals surface area contributed by atoms with E-state index in [2.05, 4.69) is 66.5 Å². The van der Waals surface area contributed by atoms with Gasteiger partial charge in [-0.2, -0.15) is 0 Å². The van der Waals surface area contributed by atoms with Crippen molar-refractivity contribution in [1.29, 1.82) is 0 Å². The molecular formula is C28H28N2. The van der Waals surface area contributed by atoms with Crippen LogP contribution in [0.1, 0.15) is 19.4 Å². The van der Waals surface area contributed by atoms with Gasteiger partial charge < -0.3 is 11.1 Å². The molecule has 0 saturated carbocycles. The van der Waals surface area contributed by atoms with Crippen LogP contribution < -0.4 is 11.1 Å². The van der Waals surface area contributed by atoms with E-state index in [1.54, 1.807) is 6.20 Å². The molecule has 0 unspecified atom stereocenters. The highest BCUT2D eigenvalue weighted by atomic mass is 14.9. The molecule has 3 aromatic carbocycles. The summed E-state index contributed by atoms with van der Waals surface area (Å²) in [7, 11) is 0. The molecule has 0 aliphatic heterocycles. The average Bonchev–Trinajstić information content (AvgIpc) is 2.79.